The summed E-state index contributed by atoms with van der Waals surface area (Å²) in [5, 5.41) is 8.10. The summed E-state index contributed by atoms with van der Waals surface area (Å²) >= 11 is 5.98. The highest BCUT2D eigenvalue weighted by Crippen LogP contribution is 2.33. The summed E-state index contributed by atoms with van der Waals surface area (Å²) in [4.78, 5) is 12.0. The third kappa shape index (κ3) is 4.43. The number of benzene rings is 1. The molecule has 1 saturated carbocycles. The van der Waals surface area contributed by atoms with Gasteiger partial charge in [0, 0.05) is 17.1 Å². The Morgan fingerprint density at radius 2 is 2.10 bits per heavy atom. The van der Waals surface area contributed by atoms with Gasteiger partial charge in [0.2, 0.25) is 10.0 Å². The van der Waals surface area contributed by atoms with Crippen LogP contribution in [0.1, 0.15) is 41.6 Å². The van der Waals surface area contributed by atoms with E-state index >= 15 is 0 Å². The van der Waals surface area contributed by atoms with Crippen molar-refractivity contribution in [2.24, 2.45) is 11.1 Å². The molecule has 0 bridgehead atoms. The molecule has 5 nitrogen and oxygen atoms in total. The number of rotatable bonds is 6. The molecular formula is C14H19ClN2O3S. The molecule has 0 unspecified atom stereocenters. The number of primary sulfonamides is 1. The average Bonchev–Trinajstić information content (AvgIpc) is 3.20. The summed E-state index contributed by atoms with van der Waals surface area (Å²) in [7, 11) is -3.89. The molecule has 1 fully saturated rings. The number of halogens is 1. The summed E-state index contributed by atoms with van der Waals surface area (Å²) in [5.41, 5.74) is 0.793. The Morgan fingerprint density at radius 1 is 1.43 bits per heavy atom. The zero-order valence-corrected chi connectivity index (χ0v) is 13.4. The molecule has 0 spiro atoms. The van der Waals surface area contributed by atoms with Crippen LogP contribution in [0.2, 0.25) is 5.02 Å². The third-order valence-electron chi connectivity index (χ3n) is 3.66. The molecule has 0 aromatic heterocycles. The van der Waals surface area contributed by atoms with Crippen molar-refractivity contribution < 1.29 is 13.2 Å². The summed E-state index contributed by atoms with van der Waals surface area (Å²) in [6.45, 7) is 2.25. The minimum absolute atomic E-state index is 0.152. The molecule has 0 saturated heterocycles. The predicted molar refractivity (Wildman–Crippen MR) is 81.9 cm³/mol. The van der Waals surface area contributed by atoms with Crippen LogP contribution in [0.4, 0.5) is 0 Å². The van der Waals surface area contributed by atoms with Crippen LogP contribution >= 0.6 is 11.6 Å². The second-order valence-corrected chi connectivity index (χ2v) is 7.43. The molecule has 1 aromatic rings. The number of carbonyl (C=O) groups is 1. The normalized spacial score (nSPS) is 15.0. The highest BCUT2D eigenvalue weighted by atomic mass is 35.5. The first-order chi connectivity index (χ1) is 9.79. The Kier molecular flexibility index (Phi) is 4.91. The Balaban J connectivity index is 2.09. The van der Waals surface area contributed by atoms with Gasteiger partial charge in [-0.25, -0.2) is 13.6 Å². The molecular weight excluding hydrogens is 312 g/mol. The van der Waals surface area contributed by atoms with Crippen molar-refractivity contribution >= 4 is 27.5 Å². The van der Waals surface area contributed by atoms with E-state index in [1.54, 1.807) is 6.92 Å². The summed E-state index contributed by atoms with van der Waals surface area (Å²) in [5.74, 6) is 0.500. The maximum absolute atomic E-state index is 12.2. The Morgan fingerprint density at radius 3 is 2.67 bits per heavy atom. The van der Waals surface area contributed by atoms with Crippen molar-refractivity contribution in [3.05, 3.63) is 28.3 Å². The Hall–Kier alpha value is -1.11. The number of carbonyl (C=O) groups excluding carboxylic acids is 1. The standard InChI is InChI=1S/C14H19ClN2O3S/c1-9-12(7-11(8-13(9)15)21(16,19)20)14(18)17-6-2-3-10-4-5-10/h7-8,10H,2-6H2,1H3,(H,17,18)(H2,16,19,20). The lowest BCUT2D eigenvalue weighted by Gasteiger charge is -2.11. The van der Waals surface area contributed by atoms with E-state index in [1.165, 1.54) is 25.0 Å². The average molecular weight is 331 g/mol. The molecule has 0 radical (unpaired) electrons. The van der Waals surface area contributed by atoms with Gasteiger partial charge in [-0.3, -0.25) is 4.79 Å². The van der Waals surface area contributed by atoms with Crippen LogP contribution < -0.4 is 10.5 Å². The molecule has 0 atom stereocenters. The van der Waals surface area contributed by atoms with E-state index < -0.39 is 10.0 Å². The van der Waals surface area contributed by atoms with Crippen molar-refractivity contribution in [1.29, 1.82) is 0 Å². The van der Waals surface area contributed by atoms with Crippen LogP contribution in [0.25, 0.3) is 0 Å². The fraction of sp³-hybridized carbons (Fsp3) is 0.500. The molecule has 116 valence electrons. The molecule has 0 heterocycles. The van der Waals surface area contributed by atoms with Gasteiger partial charge < -0.3 is 5.32 Å². The smallest absolute Gasteiger partial charge is 0.251 e. The third-order valence-corrected chi connectivity index (χ3v) is 4.95. The monoisotopic (exact) mass is 330 g/mol. The van der Waals surface area contributed by atoms with Gasteiger partial charge in [-0.1, -0.05) is 24.4 Å². The number of sulfonamides is 1. The predicted octanol–water partition coefficient (Wildman–Crippen LogP) is 2.22. The molecule has 21 heavy (non-hydrogen) atoms. The maximum atomic E-state index is 12.2. The van der Waals surface area contributed by atoms with Crippen molar-refractivity contribution in [2.75, 3.05) is 6.54 Å². The van der Waals surface area contributed by atoms with Gasteiger partial charge in [0.25, 0.3) is 5.91 Å². The number of nitrogens with two attached hydrogens (primary N) is 1. The van der Waals surface area contributed by atoms with E-state index in [1.807, 2.05) is 0 Å². The SMILES string of the molecule is Cc1c(Cl)cc(S(N)(=O)=O)cc1C(=O)NCCCC1CC1. The fourth-order valence-electron chi connectivity index (χ4n) is 2.15. The zero-order chi connectivity index (χ0) is 15.6. The van der Waals surface area contributed by atoms with E-state index in [4.69, 9.17) is 16.7 Å². The van der Waals surface area contributed by atoms with E-state index in [2.05, 4.69) is 5.32 Å². The summed E-state index contributed by atoms with van der Waals surface area (Å²) in [6.07, 6.45) is 4.63. The van der Waals surface area contributed by atoms with Crippen molar-refractivity contribution in [3.63, 3.8) is 0 Å². The van der Waals surface area contributed by atoms with Gasteiger partial charge >= 0.3 is 0 Å². The molecule has 7 heteroatoms. The van der Waals surface area contributed by atoms with Crippen LogP contribution in [0.5, 0.6) is 0 Å². The molecule has 1 aromatic carbocycles. The summed E-state index contributed by atoms with van der Waals surface area (Å²) < 4.78 is 22.8. The Labute approximate surface area is 129 Å². The maximum Gasteiger partial charge on any atom is 0.251 e. The van der Waals surface area contributed by atoms with Gasteiger partial charge in [-0.05, 0) is 43.4 Å². The highest BCUT2D eigenvalue weighted by Gasteiger charge is 2.21. The first-order valence-electron chi connectivity index (χ1n) is 6.90. The van der Waals surface area contributed by atoms with Crippen molar-refractivity contribution in [1.82, 2.24) is 5.32 Å². The van der Waals surface area contributed by atoms with Gasteiger partial charge in [-0.2, -0.15) is 0 Å². The van der Waals surface area contributed by atoms with Crippen LogP contribution in [0.15, 0.2) is 17.0 Å². The highest BCUT2D eigenvalue weighted by molar-refractivity contribution is 7.89. The van der Waals surface area contributed by atoms with Gasteiger partial charge in [0.1, 0.15) is 0 Å². The van der Waals surface area contributed by atoms with Gasteiger partial charge in [0.05, 0.1) is 4.90 Å². The van der Waals surface area contributed by atoms with Crippen molar-refractivity contribution in [2.45, 2.75) is 37.5 Å². The minimum Gasteiger partial charge on any atom is -0.352 e. The lowest BCUT2D eigenvalue weighted by molar-refractivity contribution is 0.0952. The van der Waals surface area contributed by atoms with Crippen LogP contribution in [0, 0.1) is 12.8 Å². The van der Waals surface area contributed by atoms with E-state index in [-0.39, 0.29) is 21.4 Å². The molecule has 1 aliphatic carbocycles. The van der Waals surface area contributed by atoms with Gasteiger partial charge in [0.15, 0.2) is 0 Å². The number of hydrogen-bond donors (Lipinski definition) is 2. The first-order valence-corrected chi connectivity index (χ1v) is 8.82. The molecule has 0 aliphatic heterocycles. The minimum atomic E-state index is -3.89. The topological polar surface area (TPSA) is 89.3 Å². The molecule has 1 amide bonds. The lowest BCUT2D eigenvalue weighted by Crippen LogP contribution is -2.26. The first kappa shape index (κ1) is 16.3. The quantitative estimate of drug-likeness (QED) is 0.784. The second-order valence-electron chi connectivity index (χ2n) is 5.46. The number of amides is 1. The van der Waals surface area contributed by atoms with Gasteiger partial charge in [-0.15, -0.1) is 0 Å². The summed E-state index contributed by atoms with van der Waals surface area (Å²) in [6, 6.07) is 2.53. The van der Waals surface area contributed by atoms with Crippen LogP contribution in [-0.4, -0.2) is 20.9 Å². The number of nitrogens with one attached hydrogen (secondary N) is 1. The number of hydrogen-bond acceptors (Lipinski definition) is 3. The molecule has 2 rings (SSSR count). The lowest BCUT2D eigenvalue weighted by atomic mass is 10.1. The zero-order valence-electron chi connectivity index (χ0n) is 11.9. The van der Waals surface area contributed by atoms with Crippen molar-refractivity contribution in [3.8, 4) is 0 Å². The van der Waals surface area contributed by atoms with Crippen LogP contribution in [0.3, 0.4) is 0 Å². The molecule has 1 aliphatic rings. The second kappa shape index (κ2) is 6.34. The van der Waals surface area contributed by atoms with Crippen LogP contribution in [-0.2, 0) is 10.0 Å². The van der Waals surface area contributed by atoms with E-state index in [0.29, 0.717) is 12.1 Å². The fourth-order valence-corrected chi connectivity index (χ4v) is 3.00. The van der Waals surface area contributed by atoms with E-state index in [0.717, 1.165) is 18.8 Å². The van der Waals surface area contributed by atoms with E-state index in [9.17, 15) is 13.2 Å². The molecule has 3 N–H and O–H groups in total. The largest absolute Gasteiger partial charge is 0.352 e. The Bertz CT molecular complexity index is 654.